The van der Waals surface area contributed by atoms with E-state index in [0.29, 0.717) is 0 Å². The largest absolute Gasteiger partial charge is 0.381 e. The molecule has 0 saturated heterocycles. The maximum absolute atomic E-state index is 11.9. The van der Waals surface area contributed by atoms with Crippen molar-refractivity contribution in [3.63, 3.8) is 0 Å². The van der Waals surface area contributed by atoms with E-state index in [1.54, 1.807) is 0 Å². The fourth-order valence-electron chi connectivity index (χ4n) is 2.80. The van der Waals surface area contributed by atoms with Gasteiger partial charge < -0.3 is 4.74 Å². The second-order valence-electron chi connectivity index (χ2n) is 6.60. The smallest absolute Gasteiger partial charge is 0.0894 e. The predicted octanol–water partition coefficient (Wildman–Crippen LogP) is 7.23. The van der Waals surface area contributed by atoms with Gasteiger partial charge in [-0.25, -0.2) is 0 Å². The SMILES string of the molecule is CCCCCOCCCCCCCCCCCCCCCF. The van der Waals surface area contributed by atoms with E-state index in [1.807, 2.05) is 0 Å². The van der Waals surface area contributed by atoms with E-state index in [-0.39, 0.29) is 6.67 Å². The fraction of sp³-hybridized carbons (Fsp3) is 1.00. The third-order valence-corrected chi connectivity index (χ3v) is 4.31. The Labute approximate surface area is 139 Å². The molecule has 0 aliphatic rings. The summed E-state index contributed by atoms with van der Waals surface area (Å²) in [6.07, 6.45) is 20.5. The summed E-state index contributed by atoms with van der Waals surface area (Å²) >= 11 is 0. The van der Waals surface area contributed by atoms with Crippen molar-refractivity contribution in [3.8, 4) is 0 Å². The number of hydrogen-bond acceptors (Lipinski definition) is 1. The van der Waals surface area contributed by atoms with E-state index in [1.165, 1.54) is 89.9 Å². The van der Waals surface area contributed by atoms with E-state index >= 15 is 0 Å². The van der Waals surface area contributed by atoms with Gasteiger partial charge >= 0.3 is 0 Å². The second kappa shape index (κ2) is 20.9. The van der Waals surface area contributed by atoms with Gasteiger partial charge in [0.2, 0.25) is 0 Å². The number of ether oxygens (including phenoxy) is 1. The first-order valence-corrected chi connectivity index (χ1v) is 10.1. The molecule has 0 aliphatic carbocycles. The second-order valence-corrected chi connectivity index (χ2v) is 6.60. The first-order chi connectivity index (χ1) is 10.9. The van der Waals surface area contributed by atoms with Gasteiger partial charge in [-0.15, -0.1) is 0 Å². The Bertz CT molecular complexity index is 165. The fourth-order valence-corrected chi connectivity index (χ4v) is 2.80. The number of hydrogen-bond donors (Lipinski definition) is 0. The zero-order chi connectivity index (χ0) is 16.1. The number of rotatable bonds is 19. The molecule has 0 unspecified atom stereocenters. The van der Waals surface area contributed by atoms with Crippen molar-refractivity contribution in [1.82, 2.24) is 0 Å². The molecule has 0 fully saturated rings. The van der Waals surface area contributed by atoms with Gasteiger partial charge in [0.05, 0.1) is 6.67 Å². The lowest BCUT2D eigenvalue weighted by atomic mass is 10.0. The zero-order valence-corrected chi connectivity index (χ0v) is 15.2. The summed E-state index contributed by atoms with van der Waals surface area (Å²) in [5.74, 6) is 0. The standard InChI is InChI=1S/C20H41FO/c1-2-3-16-19-22-20-17-14-12-10-8-6-4-5-7-9-11-13-15-18-21/h2-20H2,1H3. The van der Waals surface area contributed by atoms with Gasteiger partial charge in [-0.05, 0) is 19.3 Å². The molecular weight excluding hydrogens is 275 g/mol. The summed E-state index contributed by atoms with van der Waals surface area (Å²) in [7, 11) is 0. The first-order valence-electron chi connectivity index (χ1n) is 10.1. The van der Waals surface area contributed by atoms with Crippen LogP contribution in [-0.4, -0.2) is 19.9 Å². The van der Waals surface area contributed by atoms with Crippen molar-refractivity contribution < 1.29 is 9.13 Å². The highest BCUT2D eigenvalue weighted by Gasteiger charge is 1.94. The first kappa shape index (κ1) is 21.9. The molecule has 0 bridgehead atoms. The summed E-state index contributed by atoms with van der Waals surface area (Å²) in [5.41, 5.74) is 0. The predicted molar refractivity (Wildman–Crippen MR) is 96.3 cm³/mol. The number of halogens is 1. The molecule has 0 spiro atoms. The van der Waals surface area contributed by atoms with Crippen LogP contribution in [0.15, 0.2) is 0 Å². The van der Waals surface area contributed by atoms with Gasteiger partial charge in [0.15, 0.2) is 0 Å². The summed E-state index contributed by atoms with van der Waals surface area (Å²) in [6, 6.07) is 0. The maximum Gasteiger partial charge on any atom is 0.0894 e. The van der Waals surface area contributed by atoms with Crippen LogP contribution in [0.1, 0.15) is 110 Å². The van der Waals surface area contributed by atoms with Gasteiger partial charge in [-0.1, -0.05) is 90.4 Å². The molecule has 0 radical (unpaired) electrons. The van der Waals surface area contributed by atoms with Crippen molar-refractivity contribution in [2.24, 2.45) is 0 Å². The van der Waals surface area contributed by atoms with Crippen LogP contribution in [0, 0.1) is 0 Å². The Kier molecular flexibility index (Phi) is 20.8. The molecule has 0 aromatic carbocycles. The van der Waals surface area contributed by atoms with Crippen molar-refractivity contribution >= 4 is 0 Å². The highest BCUT2D eigenvalue weighted by atomic mass is 19.1. The van der Waals surface area contributed by atoms with Crippen LogP contribution in [0.25, 0.3) is 0 Å². The Morgan fingerprint density at radius 3 is 1.27 bits per heavy atom. The molecule has 0 amide bonds. The van der Waals surface area contributed by atoms with E-state index in [4.69, 9.17) is 4.74 Å². The Morgan fingerprint density at radius 2 is 0.864 bits per heavy atom. The minimum atomic E-state index is -0.134. The van der Waals surface area contributed by atoms with Crippen molar-refractivity contribution in [2.45, 2.75) is 110 Å². The molecule has 0 atom stereocenters. The summed E-state index contributed by atoms with van der Waals surface area (Å²) in [5, 5.41) is 0. The molecule has 134 valence electrons. The van der Waals surface area contributed by atoms with Gasteiger partial charge in [0, 0.05) is 13.2 Å². The lowest BCUT2D eigenvalue weighted by molar-refractivity contribution is 0.126. The van der Waals surface area contributed by atoms with Crippen molar-refractivity contribution in [3.05, 3.63) is 0 Å². The molecule has 22 heavy (non-hydrogen) atoms. The lowest BCUT2D eigenvalue weighted by Gasteiger charge is -2.04. The van der Waals surface area contributed by atoms with Gasteiger partial charge in [-0.3, -0.25) is 4.39 Å². The summed E-state index contributed by atoms with van der Waals surface area (Å²) in [4.78, 5) is 0. The van der Waals surface area contributed by atoms with Gasteiger partial charge in [0.1, 0.15) is 0 Å². The summed E-state index contributed by atoms with van der Waals surface area (Å²) < 4.78 is 17.5. The molecule has 0 heterocycles. The van der Waals surface area contributed by atoms with Crippen molar-refractivity contribution in [2.75, 3.05) is 19.9 Å². The van der Waals surface area contributed by atoms with Crippen LogP contribution < -0.4 is 0 Å². The van der Waals surface area contributed by atoms with Crippen LogP contribution >= 0.6 is 0 Å². The van der Waals surface area contributed by atoms with Crippen LogP contribution in [-0.2, 0) is 4.74 Å². The molecule has 0 saturated carbocycles. The van der Waals surface area contributed by atoms with Crippen LogP contribution in [0.3, 0.4) is 0 Å². The van der Waals surface area contributed by atoms with E-state index < -0.39 is 0 Å². The molecule has 1 nitrogen and oxygen atoms in total. The van der Waals surface area contributed by atoms with E-state index in [9.17, 15) is 4.39 Å². The topological polar surface area (TPSA) is 9.23 Å². The molecular formula is C20H41FO. The molecule has 2 heteroatoms. The average molecular weight is 317 g/mol. The molecule has 0 aromatic rings. The molecule has 0 N–H and O–H groups in total. The molecule has 0 aliphatic heterocycles. The molecule has 0 aromatic heterocycles. The average Bonchev–Trinajstić information content (AvgIpc) is 2.54. The quantitative estimate of drug-likeness (QED) is 0.228. The zero-order valence-electron chi connectivity index (χ0n) is 15.2. The van der Waals surface area contributed by atoms with E-state index in [2.05, 4.69) is 6.92 Å². The third kappa shape index (κ3) is 19.9. The van der Waals surface area contributed by atoms with Crippen molar-refractivity contribution in [1.29, 1.82) is 0 Å². The third-order valence-electron chi connectivity index (χ3n) is 4.31. The summed E-state index contributed by atoms with van der Waals surface area (Å²) in [6.45, 7) is 4.02. The monoisotopic (exact) mass is 316 g/mol. The number of alkyl halides is 1. The van der Waals surface area contributed by atoms with Gasteiger partial charge in [-0.2, -0.15) is 0 Å². The minimum Gasteiger partial charge on any atom is -0.381 e. The highest BCUT2D eigenvalue weighted by Crippen LogP contribution is 2.12. The normalized spacial score (nSPS) is 11.2. The van der Waals surface area contributed by atoms with Crippen LogP contribution in [0.2, 0.25) is 0 Å². The van der Waals surface area contributed by atoms with Crippen LogP contribution in [0.4, 0.5) is 4.39 Å². The lowest BCUT2D eigenvalue weighted by Crippen LogP contribution is -1.96. The van der Waals surface area contributed by atoms with Crippen LogP contribution in [0.5, 0.6) is 0 Å². The Hall–Kier alpha value is -0.110. The molecule has 0 rings (SSSR count). The Balaban J connectivity index is 2.91. The number of unbranched alkanes of at least 4 members (excludes halogenated alkanes) is 14. The van der Waals surface area contributed by atoms with Gasteiger partial charge in [0.25, 0.3) is 0 Å². The Morgan fingerprint density at radius 1 is 0.500 bits per heavy atom. The minimum absolute atomic E-state index is 0.134. The maximum atomic E-state index is 11.9. The van der Waals surface area contributed by atoms with E-state index in [0.717, 1.165) is 26.1 Å². The highest BCUT2D eigenvalue weighted by molar-refractivity contribution is 4.49.